The monoisotopic (exact) mass is 459 g/mol. The number of carbonyl (C=O) groups is 1. The van der Waals surface area contributed by atoms with Crippen LogP contribution in [0, 0.1) is 0 Å². The van der Waals surface area contributed by atoms with E-state index in [-0.39, 0.29) is 5.91 Å². The molecule has 3 aromatic carbocycles. The standard InChI is InChI=1S/C27H29N3O4/c1-32-21-11-13-22(14-12-21)34-18-6-17-30-25-10-4-3-9-24(25)29-26(30)15-16-28-27(31)20-7-5-8-23(19-20)33-2/h3-5,7-14,19H,6,15-18H2,1-2H3,(H,28,31). The van der Waals surface area contributed by atoms with E-state index < -0.39 is 0 Å². The summed E-state index contributed by atoms with van der Waals surface area (Å²) in [4.78, 5) is 17.3. The molecule has 4 rings (SSSR count). The SMILES string of the molecule is COc1ccc(OCCCn2c(CCNC(=O)c3cccc(OC)c3)nc3ccccc32)cc1. The van der Waals surface area contributed by atoms with E-state index in [1.807, 2.05) is 48.5 Å². The molecule has 1 N–H and O–H groups in total. The van der Waals surface area contributed by atoms with Crippen LogP contribution >= 0.6 is 0 Å². The molecule has 1 heterocycles. The molecule has 176 valence electrons. The maximum absolute atomic E-state index is 12.5. The summed E-state index contributed by atoms with van der Waals surface area (Å²) in [6, 6.07) is 22.8. The predicted octanol–water partition coefficient (Wildman–Crippen LogP) is 4.50. The Bertz CT molecular complexity index is 1230. The van der Waals surface area contributed by atoms with Gasteiger partial charge in [0.15, 0.2) is 0 Å². The van der Waals surface area contributed by atoms with Crippen molar-refractivity contribution in [1.29, 1.82) is 0 Å². The van der Waals surface area contributed by atoms with Crippen LogP contribution in [0.25, 0.3) is 11.0 Å². The van der Waals surface area contributed by atoms with E-state index in [1.54, 1.807) is 32.4 Å². The molecule has 0 spiro atoms. The van der Waals surface area contributed by atoms with Gasteiger partial charge < -0.3 is 24.1 Å². The number of hydrogen-bond acceptors (Lipinski definition) is 5. The molecule has 7 heteroatoms. The molecule has 4 aromatic rings. The van der Waals surface area contributed by atoms with Gasteiger partial charge in [-0.15, -0.1) is 0 Å². The first-order valence-electron chi connectivity index (χ1n) is 11.3. The van der Waals surface area contributed by atoms with Crippen LogP contribution in [0.3, 0.4) is 0 Å². The Labute approximate surface area is 199 Å². The average Bonchev–Trinajstić information content (AvgIpc) is 3.24. The smallest absolute Gasteiger partial charge is 0.251 e. The molecule has 0 atom stereocenters. The van der Waals surface area contributed by atoms with Crippen molar-refractivity contribution in [3.63, 3.8) is 0 Å². The Balaban J connectivity index is 1.36. The van der Waals surface area contributed by atoms with Gasteiger partial charge in [0.25, 0.3) is 5.91 Å². The molecular formula is C27H29N3O4. The number of nitrogens with zero attached hydrogens (tertiary/aromatic N) is 2. The number of hydrogen-bond donors (Lipinski definition) is 1. The fourth-order valence-electron chi connectivity index (χ4n) is 3.80. The Morgan fingerprint density at radius 2 is 1.68 bits per heavy atom. The Morgan fingerprint density at radius 1 is 0.912 bits per heavy atom. The summed E-state index contributed by atoms with van der Waals surface area (Å²) >= 11 is 0. The van der Waals surface area contributed by atoms with E-state index in [0.717, 1.165) is 41.3 Å². The number of ether oxygens (including phenoxy) is 3. The van der Waals surface area contributed by atoms with Gasteiger partial charge in [-0.25, -0.2) is 4.98 Å². The van der Waals surface area contributed by atoms with Gasteiger partial charge in [-0.3, -0.25) is 4.79 Å². The van der Waals surface area contributed by atoms with Crippen LogP contribution in [-0.4, -0.2) is 42.8 Å². The van der Waals surface area contributed by atoms with Crippen LogP contribution in [0.2, 0.25) is 0 Å². The lowest BCUT2D eigenvalue weighted by atomic mass is 10.2. The number of benzene rings is 3. The molecule has 0 bridgehead atoms. The second-order valence-corrected chi connectivity index (χ2v) is 7.78. The van der Waals surface area contributed by atoms with Crippen LogP contribution in [0.4, 0.5) is 0 Å². The van der Waals surface area contributed by atoms with E-state index >= 15 is 0 Å². The van der Waals surface area contributed by atoms with Gasteiger partial charge in [-0.05, 0) is 61.0 Å². The van der Waals surface area contributed by atoms with Gasteiger partial charge in [-0.1, -0.05) is 18.2 Å². The average molecular weight is 460 g/mol. The highest BCUT2D eigenvalue weighted by molar-refractivity contribution is 5.94. The normalized spacial score (nSPS) is 10.8. The summed E-state index contributed by atoms with van der Waals surface area (Å²) in [6.07, 6.45) is 1.46. The zero-order chi connectivity index (χ0) is 23.8. The molecule has 34 heavy (non-hydrogen) atoms. The van der Waals surface area contributed by atoms with E-state index in [1.165, 1.54) is 0 Å². The predicted molar refractivity (Wildman–Crippen MR) is 132 cm³/mol. The number of amides is 1. The molecule has 0 unspecified atom stereocenters. The van der Waals surface area contributed by atoms with Crippen LogP contribution in [0.5, 0.6) is 17.2 Å². The molecule has 1 amide bonds. The molecule has 0 saturated carbocycles. The van der Waals surface area contributed by atoms with Gasteiger partial charge >= 0.3 is 0 Å². The van der Waals surface area contributed by atoms with Crippen LogP contribution in [0.1, 0.15) is 22.6 Å². The van der Waals surface area contributed by atoms with E-state index in [2.05, 4.69) is 16.0 Å². The number of para-hydroxylation sites is 2. The van der Waals surface area contributed by atoms with Crippen molar-refractivity contribution >= 4 is 16.9 Å². The molecule has 7 nitrogen and oxygen atoms in total. The Morgan fingerprint density at radius 3 is 2.47 bits per heavy atom. The third kappa shape index (κ3) is 5.67. The van der Waals surface area contributed by atoms with Crippen LogP contribution < -0.4 is 19.5 Å². The van der Waals surface area contributed by atoms with Crippen molar-refractivity contribution in [3.05, 3.63) is 84.2 Å². The van der Waals surface area contributed by atoms with Gasteiger partial charge in [0, 0.05) is 25.1 Å². The lowest BCUT2D eigenvalue weighted by Crippen LogP contribution is -2.26. The van der Waals surface area contributed by atoms with Gasteiger partial charge in [0.2, 0.25) is 0 Å². The number of aryl methyl sites for hydroxylation is 1. The maximum atomic E-state index is 12.5. The van der Waals surface area contributed by atoms with Crippen molar-refractivity contribution in [3.8, 4) is 17.2 Å². The summed E-state index contributed by atoms with van der Waals surface area (Å²) in [5.74, 6) is 3.09. The van der Waals surface area contributed by atoms with E-state index in [0.29, 0.717) is 30.9 Å². The summed E-state index contributed by atoms with van der Waals surface area (Å²) < 4.78 is 18.5. The summed E-state index contributed by atoms with van der Waals surface area (Å²) in [6.45, 7) is 1.85. The van der Waals surface area contributed by atoms with Gasteiger partial charge in [-0.2, -0.15) is 0 Å². The van der Waals surface area contributed by atoms with Gasteiger partial charge in [0.05, 0.1) is 31.9 Å². The van der Waals surface area contributed by atoms with Crippen LogP contribution in [-0.2, 0) is 13.0 Å². The van der Waals surface area contributed by atoms with Crippen molar-refractivity contribution in [2.45, 2.75) is 19.4 Å². The number of imidazole rings is 1. The van der Waals surface area contributed by atoms with Gasteiger partial charge in [0.1, 0.15) is 23.1 Å². The maximum Gasteiger partial charge on any atom is 0.251 e. The fourth-order valence-corrected chi connectivity index (χ4v) is 3.80. The third-order valence-electron chi connectivity index (χ3n) is 5.55. The summed E-state index contributed by atoms with van der Waals surface area (Å²) in [5, 5.41) is 2.99. The third-order valence-corrected chi connectivity index (χ3v) is 5.55. The minimum atomic E-state index is -0.130. The second kappa shape index (κ2) is 11.2. The van der Waals surface area contributed by atoms with Crippen molar-refractivity contribution < 1.29 is 19.0 Å². The molecule has 0 radical (unpaired) electrons. The topological polar surface area (TPSA) is 74.6 Å². The van der Waals surface area contributed by atoms with Crippen LogP contribution in [0.15, 0.2) is 72.8 Å². The number of fused-ring (bicyclic) bond motifs is 1. The summed E-state index contributed by atoms with van der Waals surface area (Å²) in [5.41, 5.74) is 2.61. The Kier molecular flexibility index (Phi) is 7.65. The minimum absolute atomic E-state index is 0.130. The van der Waals surface area contributed by atoms with Crippen molar-refractivity contribution in [2.75, 3.05) is 27.4 Å². The molecule has 0 aliphatic heterocycles. The highest BCUT2D eigenvalue weighted by Crippen LogP contribution is 2.19. The molecular weight excluding hydrogens is 430 g/mol. The zero-order valence-electron chi connectivity index (χ0n) is 19.5. The fraction of sp³-hybridized carbons (Fsp3) is 0.259. The first-order chi connectivity index (χ1) is 16.7. The quantitative estimate of drug-likeness (QED) is 0.335. The first-order valence-corrected chi connectivity index (χ1v) is 11.3. The molecule has 0 aliphatic rings. The number of methoxy groups -OCH3 is 2. The number of rotatable bonds is 11. The first kappa shape index (κ1) is 23.2. The van der Waals surface area contributed by atoms with E-state index in [4.69, 9.17) is 19.2 Å². The summed E-state index contributed by atoms with van der Waals surface area (Å²) in [7, 11) is 3.23. The largest absolute Gasteiger partial charge is 0.497 e. The van der Waals surface area contributed by atoms with Crippen molar-refractivity contribution in [1.82, 2.24) is 14.9 Å². The molecule has 0 saturated heterocycles. The molecule has 0 fully saturated rings. The highest BCUT2D eigenvalue weighted by Gasteiger charge is 2.12. The number of nitrogens with one attached hydrogen (secondary N) is 1. The molecule has 1 aromatic heterocycles. The second-order valence-electron chi connectivity index (χ2n) is 7.78. The highest BCUT2D eigenvalue weighted by atomic mass is 16.5. The minimum Gasteiger partial charge on any atom is -0.497 e. The molecule has 0 aliphatic carbocycles. The lowest BCUT2D eigenvalue weighted by molar-refractivity contribution is 0.0953. The van der Waals surface area contributed by atoms with E-state index in [9.17, 15) is 4.79 Å². The Hall–Kier alpha value is -4.00. The van der Waals surface area contributed by atoms with Crippen molar-refractivity contribution in [2.24, 2.45) is 0 Å². The zero-order valence-corrected chi connectivity index (χ0v) is 19.5. The number of aromatic nitrogens is 2. The number of carbonyl (C=O) groups excluding carboxylic acids is 1. The lowest BCUT2D eigenvalue weighted by Gasteiger charge is -2.11.